The number of amides is 1. The predicted octanol–water partition coefficient (Wildman–Crippen LogP) is 5.19. The van der Waals surface area contributed by atoms with Crippen LogP contribution in [-0.4, -0.2) is 42.2 Å². The Balaban J connectivity index is 1.25. The zero-order valence-corrected chi connectivity index (χ0v) is 18.4. The molecular weight excluding hydrogens is 425 g/mol. The van der Waals surface area contributed by atoms with E-state index in [4.69, 9.17) is 4.42 Å². The second-order valence-electron chi connectivity index (χ2n) is 7.75. The van der Waals surface area contributed by atoms with Crippen LogP contribution < -0.4 is 4.90 Å². The van der Waals surface area contributed by atoms with Crippen LogP contribution in [0.25, 0.3) is 17.4 Å². The number of nitrogens with zero attached hydrogens (tertiary/aromatic N) is 3. The first-order chi connectivity index (χ1) is 15.6. The second kappa shape index (κ2) is 8.67. The topological polar surface area (TPSA) is 49.0 Å². The number of piperazine rings is 1. The van der Waals surface area contributed by atoms with Gasteiger partial charge < -0.3 is 14.2 Å². The number of carbonyl (C=O) groups excluding carboxylic acids is 1. The van der Waals surface area contributed by atoms with Crippen molar-refractivity contribution in [3.05, 3.63) is 82.7 Å². The molecule has 0 spiro atoms. The molecule has 0 unspecified atom stereocenters. The second-order valence-corrected chi connectivity index (χ2v) is 8.76. The Kier molecular flexibility index (Phi) is 5.57. The molecule has 32 heavy (non-hydrogen) atoms. The molecule has 0 atom stereocenters. The van der Waals surface area contributed by atoms with Crippen molar-refractivity contribution in [2.75, 3.05) is 31.1 Å². The molecule has 1 amide bonds. The van der Waals surface area contributed by atoms with Gasteiger partial charge in [0.15, 0.2) is 5.17 Å². The maximum absolute atomic E-state index is 14.0. The van der Waals surface area contributed by atoms with Crippen LogP contribution in [0.15, 0.2) is 75.0 Å². The number of hydrogen-bond donors (Lipinski definition) is 0. The molecule has 162 valence electrons. The minimum atomic E-state index is -0.345. The number of rotatable bonds is 3. The Morgan fingerprint density at radius 2 is 1.69 bits per heavy atom. The summed E-state index contributed by atoms with van der Waals surface area (Å²) in [4.78, 5) is 21.8. The average Bonchev–Trinajstić information content (AvgIpc) is 3.42. The highest BCUT2D eigenvalue weighted by Crippen LogP contribution is 2.33. The number of carbonyl (C=O) groups is 1. The number of amidine groups is 1. The van der Waals surface area contributed by atoms with E-state index >= 15 is 0 Å². The maximum atomic E-state index is 14.0. The number of aryl methyl sites for hydroxylation is 1. The Labute approximate surface area is 190 Å². The van der Waals surface area contributed by atoms with Gasteiger partial charge in [0, 0.05) is 37.9 Å². The van der Waals surface area contributed by atoms with Crippen LogP contribution >= 0.6 is 11.8 Å². The number of furan rings is 1. The summed E-state index contributed by atoms with van der Waals surface area (Å²) < 4.78 is 19.8. The lowest BCUT2D eigenvalue weighted by Crippen LogP contribution is -2.48. The highest BCUT2D eigenvalue weighted by atomic mass is 32.2. The minimum Gasteiger partial charge on any atom is -0.457 e. The van der Waals surface area contributed by atoms with Crippen LogP contribution in [-0.2, 0) is 4.79 Å². The van der Waals surface area contributed by atoms with Gasteiger partial charge in [-0.05, 0) is 54.6 Å². The summed E-state index contributed by atoms with van der Waals surface area (Å²) in [5.41, 5.74) is 2.92. The van der Waals surface area contributed by atoms with Crippen LogP contribution in [0.2, 0.25) is 0 Å². The molecular formula is C25H22FN3O2S. The van der Waals surface area contributed by atoms with Gasteiger partial charge in [0.25, 0.3) is 5.91 Å². The van der Waals surface area contributed by atoms with Crippen LogP contribution in [0.4, 0.5) is 10.1 Å². The predicted molar refractivity (Wildman–Crippen MR) is 127 cm³/mol. The van der Waals surface area contributed by atoms with E-state index in [1.165, 1.54) is 29.1 Å². The van der Waals surface area contributed by atoms with Gasteiger partial charge in [-0.15, -0.1) is 0 Å². The van der Waals surface area contributed by atoms with E-state index in [1.807, 2.05) is 0 Å². The van der Waals surface area contributed by atoms with Gasteiger partial charge in [0.2, 0.25) is 0 Å². The van der Waals surface area contributed by atoms with E-state index in [9.17, 15) is 9.18 Å². The van der Waals surface area contributed by atoms with E-state index < -0.39 is 0 Å². The van der Waals surface area contributed by atoms with E-state index in [2.05, 4.69) is 46.0 Å². The maximum Gasteiger partial charge on any atom is 0.286 e. The van der Waals surface area contributed by atoms with Crippen molar-refractivity contribution in [3.8, 4) is 11.3 Å². The van der Waals surface area contributed by atoms with Crippen molar-refractivity contribution in [1.29, 1.82) is 0 Å². The van der Waals surface area contributed by atoms with Gasteiger partial charge in [0.05, 0.1) is 10.5 Å². The van der Waals surface area contributed by atoms with Crippen molar-refractivity contribution < 1.29 is 13.6 Å². The van der Waals surface area contributed by atoms with Gasteiger partial charge in [-0.3, -0.25) is 4.79 Å². The lowest BCUT2D eigenvalue weighted by Gasteiger charge is -2.37. The van der Waals surface area contributed by atoms with Crippen molar-refractivity contribution >= 4 is 34.6 Å². The molecule has 0 saturated carbocycles. The Bertz CT molecular complexity index is 1230. The number of hydrogen-bond acceptors (Lipinski definition) is 5. The lowest BCUT2D eigenvalue weighted by atomic mass is 10.1. The van der Waals surface area contributed by atoms with Gasteiger partial charge in [-0.2, -0.15) is 4.99 Å². The van der Waals surface area contributed by atoms with Crippen LogP contribution in [0, 0.1) is 12.7 Å². The number of aliphatic imine (C=N–C) groups is 1. The molecule has 1 aromatic heterocycles. The van der Waals surface area contributed by atoms with E-state index in [1.54, 1.807) is 36.4 Å². The first-order valence-corrected chi connectivity index (χ1v) is 11.3. The highest BCUT2D eigenvalue weighted by molar-refractivity contribution is 8.18. The summed E-state index contributed by atoms with van der Waals surface area (Å²) in [6, 6.07) is 18.3. The molecule has 5 rings (SSSR count). The largest absolute Gasteiger partial charge is 0.457 e. The van der Waals surface area contributed by atoms with E-state index in [-0.39, 0.29) is 11.7 Å². The Morgan fingerprint density at radius 1 is 0.969 bits per heavy atom. The summed E-state index contributed by atoms with van der Waals surface area (Å²) in [7, 11) is 0. The first kappa shape index (κ1) is 20.6. The van der Waals surface area contributed by atoms with Gasteiger partial charge >= 0.3 is 0 Å². The fourth-order valence-corrected chi connectivity index (χ4v) is 4.90. The summed E-state index contributed by atoms with van der Waals surface area (Å²) in [5.74, 6) is 0.316. The molecule has 0 bridgehead atoms. The van der Waals surface area contributed by atoms with Crippen molar-refractivity contribution in [1.82, 2.24) is 4.90 Å². The SMILES string of the molecule is Cc1ccccc1N1CCN(C2=NC(=O)C(=Cc3ccc(-c4ccccc4F)o3)S2)CC1. The molecule has 5 nitrogen and oxygen atoms in total. The normalized spacial score (nSPS) is 17.9. The van der Waals surface area contributed by atoms with Crippen molar-refractivity contribution in [2.45, 2.75) is 6.92 Å². The number of halogens is 1. The molecule has 1 saturated heterocycles. The molecule has 0 radical (unpaired) electrons. The molecule has 1 fully saturated rings. The quantitative estimate of drug-likeness (QED) is 0.518. The fourth-order valence-electron chi connectivity index (χ4n) is 3.96. The zero-order chi connectivity index (χ0) is 22.1. The first-order valence-electron chi connectivity index (χ1n) is 10.5. The van der Waals surface area contributed by atoms with Crippen molar-refractivity contribution in [3.63, 3.8) is 0 Å². The molecule has 0 N–H and O–H groups in total. The highest BCUT2D eigenvalue weighted by Gasteiger charge is 2.29. The molecule has 2 aromatic carbocycles. The molecule has 3 aromatic rings. The van der Waals surface area contributed by atoms with Crippen LogP contribution in [0.3, 0.4) is 0 Å². The number of anilines is 1. The monoisotopic (exact) mass is 447 g/mol. The number of para-hydroxylation sites is 1. The van der Waals surface area contributed by atoms with Crippen LogP contribution in [0.1, 0.15) is 11.3 Å². The summed E-state index contributed by atoms with van der Waals surface area (Å²) in [6.45, 7) is 5.49. The van der Waals surface area contributed by atoms with Crippen molar-refractivity contribution in [2.24, 2.45) is 4.99 Å². The Morgan fingerprint density at radius 3 is 2.47 bits per heavy atom. The molecule has 7 heteroatoms. The third-order valence-electron chi connectivity index (χ3n) is 5.66. The third kappa shape index (κ3) is 4.08. The van der Waals surface area contributed by atoms with E-state index in [0.717, 1.165) is 31.3 Å². The smallest absolute Gasteiger partial charge is 0.286 e. The average molecular weight is 448 g/mol. The molecule has 2 aliphatic rings. The fraction of sp³-hybridized carbons (Fsp3) is 0.200. The standard InChI is InChI=1S/C25H22FN3O2S/c1-17-6-2-5-9-21(17)28-12-14-29(15-13-28)25-27-24(30)23(32-25)16-18-10-11-22(31-18)19-7-3-4-8-20(19)26/h2-11,16H,12-15H2,1H3. The van der Waals surface area contributed by atoms with Gasteiger partial charge in [-0.1, -0.05) is 30.3 Å². The van der Waals surface area contributed by atoms with Gasteiger partial charge in [-0.25, -0.2) is 4.39 Å². The molecule has 0 aliphatic carbocycles. The van der Waals surface area contributed by atoms with Crippen LogP contribution in [0.5, 0.6) is 0 Å². The zero-order valence-electron chi connectivity index (χ0n) is 17.6. The lowest BCUT2D eigenvalue weighted by molar-refractivity contribution is -0.113. The third-order valence-corrected chi connectivity index (χ3v) is 6.70. The number of benzene rings is 2. The Hall–Kier alpha value is -3.32. The van der Waals surface area contributed by atoms with Gasteiger partial charge in [0.1, 0.15) is 17.3 Å². The minimum absolute atomic E-state index is 0.268. The van der Waals surface area contributed by atoms with E-state index in [0.29, 0.717) is 22.0 Å². The summed E-state index contributed by atoms with van der Waals surface area (Å²) in [6.07, 6.45) is 1.68. The number of thioether (sulfide) groups is 1. The molecule has 2 aliphatic heterocycles. The summed E-state index contributed by atoms with van der Waals surface area (Å²) in [5, 5.41) is 0.728. The molecule has 3 heterocycles. The summed E-state index contributed by atoms with van der Waals surface area (Å²) >= 11 is 1.36.